The summed E-state index contributed by atoms with van der Waals surface area (Å²) >= 11 is 0. The van der Waals surface area contributed by atoms with Crippen LogP contribution in [0.5, 0.6) is 0 Å². The van der Waals surface area contributed by atoms with Crippen LogP contribution >= 0.6 is 21.6 Å². The summed E-state index contributed by atoms with van der Waals surface area (Å²) in [5.41, 5.74) is 0.201. The number of carbonyl (C=O) groups is 1. The topological polar surface area (TPSA) is 56.8 Å². The van der Waals surface area contributed by atoms with E-state index in [0.717, 1.165) is 12.3 Å². The highest BCUT2D eigenvalue weighted by atomic mass is 33.1. The fourth-order valence-corrected chi connectivity index (χ4v) is 4.72. The lowest BCUT2D eigenvalue weighted by Crippen LogP contribution is -2.25. The summed E-state index contributed by atoms with van der Waals surface area (Å²) in [6, 6.07) is 0. The van der Waals surface area contributed by atoms with E-state index in [4.69, 9.17) is 14.2 Å². The molecule has 0 aromatic heterocycles. The van der Waals surface area contributed by atoms with Gasteiger partial charge in [0.15, 0.2) is 0 Å². The first-order chi connectivity index (χ1) is 14.6. The Hall–Kier alpha value is -0.390. The number of ether oxygens (including phenoxy) is 3. The highest BCUT2D eigenvalue weighted by Crippen LogP contribution is 2.39. The molecular weight excluding hydrogens is 430 g/mol. The van der Waals surface area contributed by atoms with Crippen LogP contribution in [0, 0.1) is 23.7 Å². The zero-order valence-corrected chi connectivity index (χ0v) is 22.4. The Morgan fingerprint density at radius 1 is 0.968 bits per heavy atom. The average molecular weight is 476 g/mol. The van der Waals surface area contributed by atoms with Crippen LogP contribution in [0.1, 0.15) is 74.1 Å². The molecular formula is C24H45NO4S2. The normalized spacial score (nSPS) is 12.7. The van der Waals surface area contributed by atoms with Gasteiger partial charge in [-0.1, -0.05) is 88.3 Å². The smallest absolute Gasteiger partial charge is 0.223 e. The van der Waals surface area contributed by atoms with Gasteiger partial charge in [-0.15, -0.1) is 0 Å². The third-order valence-electron chi connectivity index (χ3n) is 3.77. The molecule has 0 aromatic rings. The van der Waals surface area contributed by atoms with Crippen LogP contribution in [-0.4, -0.2) is 55.7 Å². The van der Waals surface area contributed by atoms with Gasteiger partial charge in [-0.2, -0.15) is 0 Å². The van der Waals surface area contributed by atoms with Gasteiger partial charge in [-0.25, -0.2) is 0 Å². The number of carbonyl (C=O) groups excluding carboxylic acids is 1. The Balaban J connectivity index is 3.76. The second kappa shape index (κ2) is 19.1. The Bertz CT molecular complexity index is 510. The second-order valence-electron chi connectivity index (χ2n) is 9.14. The third kappa shape index (κ3) is 24.1. The van der Waals surface area contributed by atoms with Crippen molar-refractivity contribution in [2.45, 2.75) is 84.3 Å². The fraction of sp³-hybridized carbons (Fsp3) is 0.875. The minimum absolute atomic E-state index is 0.0403. The zero-order valence-electron chi connectivity index (χ0n) is 20.8. The predicted octanol–water partition coefficient (Wildman–Crippen LogP) is 5.53. The lowest BCUT2D eigenvalue weighted by atomic mass is 10.1. The highest BCUT2D eigenvalue weighted by Gasteiger charge is 2.17. The molecule has 0 bridgehead atoms. The lowest BCUT2D eigenvalue weighted by molar-refractivity contribution is -0.122. The molecule has 0 rings (SSSR count). The van der Waals surface area contributed by atoms with Gasteiger partial charge in [0, 0.05) is 17.1 Å². The van der Waals surface area contributed by atoms with Crippen molar-refractivity contribution >= 4 is 27.5 Å². The first kappa shape index (κ1) is 30.6. The van der Waals surface area contributed by atoms with Gasteiger partial charge < -0.3 is 19.5 Å². The molecule has 1 amide bonds. The molecule has 31 heavy (non-hydrogen) atoms. The van der Waals surface area contributed by atoms with Crippen LogP contribution in [0.3, 0.4) is 0 Å². The third-order valence-corrected chi connectivity index (χ3v) is 7.38. The molecule has 0 aliphatic carbocycles. The maximum Gasteiger partial charge on any atom is 0.223 e. The summed E-state index contributed by atoms with van der Waals surface area (Å²) in [4.78, 5) is 11.6. The molecule has 0 aliphatic rings. The van der Waals surface area contributed by atoms with Gasteiger partial charge in [0.25, 0.3) is 0 Å². The van der Waals surface area contributed by atoms with E-state index >= 15 is 0 Å². The maximum absolute atomic E-state index is 11.6. The molecule has 0 heterocycles. The molecule has 0 saturated carbocycles. The Morgan fingerprint density at radius 2 is 1.61 bits per heavy atom. The van der Waals surface area contributed by atoms with Crippen LogP contribution in [0.15, 0.2) is 0 Å². The van der Waals surface area contributed by atoms with Gasteiger partial charge in [0.1, 0.15) is 5.44 Å². The maximum atomic E-state index is 11.6. The second-order valence-corrected chi connectivity index (χ2v) is 12.3. The summed E-state index contributed by atoms with van der Waals surface area (Å²) in [6.45, 7) is 18.2. The van der Waals surface area contributed by atoms with Gasteiger partial charge in [0.2, 0.25) is 5.91 Å². The molecule has 0 saturated heterocycles. The number of rotatable bonds is 17. The summed E-state index contributed by atoms with van der Waals surface area (Å²) in [6.07, 6.45) is 3.83. The quantitative estimate of drug-likeness (QED) is 0.129. The van der Waals surface area contributed by atoms with Crippen molar-refractivity contribution < 1.29 is 19.0 Å². The van der Waals surface area contributed by atoms with Crippen molar-refractivity contribution in [3.8, 4) is 11.8 Å². The molecule has 7 heteroatoms. The van der Waals surface area contributed by atoms with E-state index in [2.05, 4.69) is 51.8 Å². The van der Waals surface area contributed by atoms with Crippen molar-refractivity contribution in [3.63, 3.8) is 0 Å². The molecule has 1 atom stereocenters. The fourth-order valence-electron chi connectivity index (χ4n) is 2.26. The molecule has 0 fully saturated rings. The standard InChI is InChI=1S/C24H45NO4S2/c1-20(2)10-8-12-23(30-31-24(5,6)7)29-19-18-28-17-16-27-15-13-22(26)25-14-9-11-21(3)4/h20-21,23H,8,10,12-19H2,1-7H3,(H,25,26). The molecule has 1 N–H and O–H groups in total. The van der Waals surface area contributed by atoms with Crippen LogP contribution in [0.4, 0.5) is 0 Å². The minimum atomic E-state index is -0.0403. The SMILES string of the molecule is CC(C)C#CCNC(=O)CCOCCOCCOC(CCCC(C)C)SSC(C)(C)C. The molecule has 0 aromatic carbocycles. The van der Waals surface area contributed by atoms with Crippen molar-refractivity contribution in [2.75, 3.05) is 39.6 Å². The molecule has 182 valence electrons. The van der Waals surface area contributed by atoms with E-state index in [1.165, 1.54) is 12.8 Å². The molecule has 0 radical (unpaired) electrons. The first-order valence-electron chi connectivity index (χ1n) is 11.5. The summed E-state index contributed by atoms with van der Waals surface area (Å²) in [5, 5.41) is 2.76. The zero-order chi connectivity index (χ0) is 23.5. The molecule has 5 nitrogen and oxygen atoms in total. The monoisotopic (exact) mass is 475 g/mol. The van der Waals surface area contributed by atoms with Gasteiger partial charge in [0.05, 0.1) is 39.6 Å². The number of amides is 1. The van der Waals surface area contributed by atoms with E-state index in [1.54, 1.807) is 0 Å². The van der Waals surface area contributed by atoms with E-state index in [1.807, 2.05) is 35.4 Å². The number of nitrogens with one attached hydrogen (secondary N) is 1. The van der Waals surface area contributed by atoms with Crippen LogP contribution in [0.2, 0.25) is 0 Å². The van der Waals surface area contributed by atoms with Crippen LogP contribution in [-0.2, 0) is 19.0 Å². The predicted molar refractivity (Wildman–Crippen MR) is 135 cm³/mol. The Labute approximate surface area is 199 Å². The Kier molecular flexibility index (Phi) is 18.9. The van der Waals surface area contributed by atoms with Crippen molar-refractivity contribution in [3.05, 3.63) is 0 Å². The molecule has 0 spiro atoms. The average Bonchev–Trinajstić information content (AvgIpc) is 2.66. The lowest BCUT2D eigenvalue weighted by Gasteiger charge is -2.22. The van der Waals surface area contributed by atoms with Gasteiger partial charge in [-0.05, 0) is 18.8 Å². The van der Waals surface area contributed by atoms with Crippen molar-refractivity contribution in [1.29, 1.82) is 0 Å². The molecule has 1 unspecified atom stereocenters. The van der Waals surface area contributed by atoms with Crippen molar-refractivity contribution in [1.82, 2.24) is 5.32 Å². The Morgan fingerprint density at radius 3 is 2.23 bits per heavy atom. The van der Waals surface area contributed by atoms with Gasteiger partial charge in [-0.3, -0.25) is 4.79 Å². The molecule has 0 aliphatic heterocycles. The van der Waals surface area contributed by atoms with E-state index in [-0.39, 0.29) is 16.1 Å². The number of hydrogen-bond acceptors (Lipinski definition) is 6. The summed E-state index contributed by atoms with van der Waals surface area (Å²) in [7, 11) is 3.71. The van der Waals surface area contributed by atoms with E-state index in [0.29, 0.717) is 51.9 Å². The number of hydrogen-bond donors (Lipinski definition) is 1. The highest BCUT2D eigenvalue weighted by molar-refractivity contribution is 8.77. The summed E-state index contributed by atoms with van der Waals surface area (Å²) < 4.78 is 17.3. The van der Waals surface area contributed by atoms with Crippen LogP contribution < -0.4 is 5.32 Å². The van der Waals surface area contributed by atoms with E-state index < -0.39 is 0 Å². The summed E-state index contributed by atoms with van der Waals surface area (Å²) in [5.74, 6) is 6.95. The van der Waals surface area contributed by atoms with Crippen molar-refractivity contribution in [2.24, 2.45) is 11.8 Å². The minimum Gasteiger partial charge on any atom is -0.379 e. The van der Waals surface area contributed by atoms with Gasteiger partial charge >= 0.3 is 0 Å². The largest absolute Gasteiger partial charge is 0.379 e. The van der Waals surface area contributed by atoms with E-state index in [9.17, 15) is 4.79 Å². The van der Waals surface area contributed by atoms with Crippen LogP contribution in [0.25, 0.3) is 0 Å². The first-order valence-corrected chi connectivity index (χ1v) is 13.7.